The van der Waals surface area contributed by atoms with E-state index >= 15 is 0 Å². The van der Waals surface area contributed by atoms with Gasteiger partial charge in [0.25, 0.3) is 0 Å². The molecule has 0 bridgehead atoms. The van der Waals surface area contributed by atoms with Crippen LogP contribution in [0.4, 0.5) is 10.1 Å². The van der Waals surface area contributed by atoms with Crippen LogP contribution in [0.1, 0.15) is 22.8 Å². The summed E-state index contributed by atoms with van der Waals surface area (Å²) in [5, 5.41) is 3.22. The Morgan fingerprint density at radius 3 is 2.74 bits per heavy atom. The maximum atomic E-state index is 13.1. The van der Waals surface area contributed by atoms with E-state index < -0.39 is 0 Å². The van der Waals surface area contributed by atoms with Crippen molar-refractivity contribution in [2.24, 2.45) is 0 Å². The number of hydrogen-bond acceptors (Lipinski definition) is 2. The third kappa shape index (κ3) is 2.28. The van der Waals surface area contributed by atoms with Crippen molar-refractivity contribution in [1.82, 2.24) is 0 Å². The van der Waals surface area contributed by atoms with Gasteiger partial charge in [-0.05, 0) is 42.7 Å². The molecule has 3 rings (SSSR count). The average molecular weight is 257 g/mol. The number of fused-ring (bicyclic) bond motifs is 1. The van der Waals surface area contributed by atoms with Gasteiger partial charge in [-0.1, -0.05) is 18.2 Å². The number of benzene rings is 2. The van der Waals surface area contributed by atoms with Gasteiger partial charge in [0.2, 0.25) is 0 Å². The van der Waals surface area contributed by atoms with Crippen LogP contribution in [-0.2, 0) is 0 Å². The number of hydrogen-bond donors (Lipinski definition) is 1. The van der Waals surface area contributed by atoms with Crippen molar-refractivity contribution in [1.29, 1.82) is 0 Å². The Labute approximate surface area is 112 Å². The topological polar surface area (TPSA) is 21.3 Å². The molecule has 0 radical (unpaired) electrons. The van der Waals surface area contributed by atoms with Gasteiger partial charge in [0, 0.05) is 6.07 Å². The van der Waals surface area contributed by atoms with E-state index in [1.807, 2.05) is 0 Å². The minimum absolute atomic E-state index is 0.0303. The van der Waals surface area contributed by atoms with E-state index in [0.29, 0.717) is 12.3 Å². The predicted molar refractivity (Wildman–Crippen MR) is 74.2 cm³/mol. The Kier molecular flexibility index (Phi) is 2.90. The van der Waals surface area contributed by atoms with Crippen molar-refractivity contribution in [2.75, 3.05) is 11.9 Å². The molecule has 1 aliphatic rings. The lowest BCUT2D eigenvalue weighted by Crippen LogP contribution is -2.23. The van der Waals surface area contributed by atoms with Gasteiger partial charge in [0.1, 0.15) is 17.7 Å². The van der Waals surface area contributed by atoms with Gasteiger partial charge in [0.15, 0.2) is 0 Å². The fourth-order valence-corrected chi connectivity index (χ4v) is 2.29. The molecule has 0 fully saturated rings. The van der Waals surface area contributed by atoms with E-state index in [2.05, 4.69) is 37.4 Å². The van der Waals surface area contributed by atoms with Crippen LogP contribution in [-0.4, -0.2) is 6.54 Å². The van der Waals surface area contributed by atoms with Crippen LogP contribution in [0.25, 0.3) is 0 Å². The van der Waals surface area contributed by atoms with Crippen molar-refractivity contribution in [3.05, 3.63) is 58.9 Å². The van der Waals surface area contributed by atoms with Crippen LogP contribution >= 0.6 is 0 Å². The van der Waals surface area contributed by atoms with Crippen LogP contribution in [0.15, 0.2) is 36.4 Å². The second-order valence-corrected chi connectivity index (χ2v) is 4.97. The molecule has 1 aliphatic heterocycles. The van der Waals surface area contributed by atoms with E-state index in [1.54, 1.807) is 6.07 Å². The lowest BCUT2D eigenvalue weighted by Gasteiger charge is -2.28. The van der Waals surface area contributed by atoms with Gasteiger partial charge in [-0.25, -0.2) is 4.39 Å². The number of halogens is 1. The highest BCUT2D eigenvalue weighted by atomic mass is 19.1. The summed E-state index contributed by atoms with van der Waals surface area (Å²) in [5.41, 5.74) is 4.40. The SMILES string of the molecule is Cc1ccc(C2CNc3cc(F)ccc3O2)cc1C. The highest BCUT2D eigenvalue weighted by Crippen LogP contribution is 2.34. The molecule has 98 valence electrons. The zero-order valence-electron chi connectivity index (χ0n) is 11.0. The first-order valence-electron chi connectivity index (χ1n) is 6.41. The fraction of sp³-hybridized carbons (Fsp3) is 0.250. The minimum atomic E-state index is -0.250. The third-order valence-electron chi connectivity index (χ3n) is 3.59. The Morgan fingerprint density at radius 2 is 1.95 bits per heavy atom. The number of nitrogens with one attached hydrogen (secondary N) is 1. The van der Waals surface area contributed by atoms with Gasteiger partial charge >= 0.3 is 0 Å². The van der Waals surface area contributed by atoms with Gasteiger partial charge in [-0.3, -0.25) is 0 Å². The molecule has 0 amide bonds. The summed E-state index contributed by atoms with van der Waals surface area (Å²) < 4.78 is 19.1. The zero-order valence-corrected chi connectivity index (χ0v) is 11.0. The molecule has 1 N–H and O–H groups in total. The molecule has 0 aliphatic carbocycles. The quantitative estimate of drug-likeness (QED) is 0.834. The maximum Gasteiger partial charge on any atom is 0.143 e. The Hall–Kier alpha value is -2.03. The predicted octanol–water partition coefficient (Wildman–Crippen LogP) is 3.99. The molecule has 2 aromatic carbocycles. The Balaban J connectivity index is 1.89. The highest BCUT2D eigenvalue weighted by molar-refractivity contribution is 5.58. The molecular weight excluding hydrogens is 241 g/mol. The molecule has 0 saturated heterocycles. The van der Waals surface area contributed by atoms with Crippen molar-refractivity contribution >= 4 is 5.69 Å². The Bertz CT molecular complexity index is 624. The summed E-state index contributed by atoms with van der Waals surface area (Å²) in [6, 6.07) is 10.9. The Morgan fingerprint density at radius 1 is 1.11 bits per heavy atom. The van der Waals surface area contributed by atoms with E-state index in [4.69, 9.17) is 4.74 Å². The molecule has 3 heteroatoms. The first-order chi connectivity index (χ1) is 9.13. The van der Waals surface area contributed by atoms with E-state index in [-0.39, 0.29) is 11.9 Å². The molecule has 2 nitrogen and oxygen atoms in total. The summed E-state index contributed by atoms with van der Waals surface area (Å²) in [6.45, 7) is 4.84. The lowest BCUT2D eigenvalue weighted by atomic mass is 10.0. The summed E-state index contributed by atoms with van der Waals surface area (Å²) in [5.74, 6) is 0.454. The third-order valence-corrected chi connectivity index (χ3v) is 3.59. The number of ether oxygens (including phenoxy) is 1. The largest absolute Gasteiger partial charge is 0.482 e. The molecule has 1 atom stereocenters. The summed E-state index contributed by atoms with van der Waals surface area (Å²) in [4.78, 5) is 0. The minimum Gasteiger partial charge on any atom is -0.482 e. The van der Waals surface area contributed by atoms with Crippen molar-refractivity contribution < 1.29 is 9.13 Å². The van der Waals surface area contributed by atoms with Crippen LogP contribution < -0.4 is 10.1 Å². The number of aryl methyl sites for hydroxylation is 2. The van der Waals surface area contributed by atoms with Crippen LogP contribution in [0.3, 0.4) is 0 Å². The number of anilines is 1. The molecule has 0 spiro atoms. The summed E-state index contributed by atoms with van der Waals surface area (Å²) in [7, 11) is 0. The van der Waals surface area contributed by atoms with E-state index in [1.165, 1.54) is 23.3 Å². The van der Waals surface area contributed by atoms with Crippen molar-refractivity contribution in [2.45, 2.75) is 20.0 Å². The van der Waals surface area contributed by atoms with Crippen molar-refractivity contribution in [3.8, 4) is 5.75 Å². The summed E-state index contributed by atoms with van der Waals surface area (Å²) in [6.07, 6.45) is -0.0303. The smallest absolute Gasteiger partial charge is 0.143 e. The highest BCUT2D eigenvalue weighted by Gasteiger charge is 2.21. The molecule has 2 aromatic rings. The molecular formula is C16H16FNO. The van der Waals surface area contributed by atoms with Crippen LogP contribution in [0.2, 0.25) is 0 Å². The van der Waals surface area contributed by atoms with Gasteiger partial charge < -0.3 is 10.1 Å². The first kappa shape index (κ1) is 12.0. The zero-order chi connectivity index (χ0) is 13.4. The maximum absolute atomic E-state index is 13.1. The second kappa shape index (κ2) is 4.57. The first-order valence-corrected chi connectivity index (χ1v) is 6.41. The molecule has 19 heavy (non-hydrogen) atoms. The second-order valence-electron chi connectivity index (χ2n) is 4.97. The summed E-state index contributed by atoms with van der Waals surface area (Å²) >= 11 is 0. The molecule has 0 aromatic heterocycles. The normalized spacial score (nSPS) is 17.3. The number of rotatable bonds is 1. The van der Waals surface area contributed by atoms with Gasteiger partial charge in [-0.15, -0.1) is 0 Å². The van der Waals surface area contributed by atoms with Gasteiger partial charge in [-0.2, -0.15) is 0 Å². The fourth-order valence-electron chi connectivity index (χ4n) is 2.29. The lowest BCUT2D eigenvalue weighted by molar-refractivity contribution is 0.210. The monoisotopic (exact) mass is 257 g/mol. The standard InChI is InChI=1S/C16H16FNO/c1-10-3-4-12(7-11(10)2)16-9-18-14-8-13(17)5-6-15(14)19-16/h3-8,16,18H,9H2,1-2H3. The van der Waals surface area contributed by atoms with E-state index in [0.717, 1.165) is 11.3 Å². The average Bonchev–Trinajstić information content (AvgIpc) is 2.41. The molecule has 1 heterocycles. The molecule has 0 saturated carbocycles. The van der Waals surface area contributed by atoms with Gasteiger partial charge in [0.05, 0.1) is 12.2 Å². The van der Waals surface area contributed by atoms with Crippen molar-refractivity contribution in [3.63, 3.8) is 0 Å². The van der Waals surface area contributed by atoms with Crippen LogP contribution in [0.5, 0.6) is 5.75 Å². The van der Waals surface area contributed by atoms with E-state index in [9.17, 15) is 4.39 Å². The van der Waals surface area contributed by atoms with Crippen LogP contribution in [0, 0.1) is 19.7 Å². The molecule has 1 unspecified atom stereocenters.